The molecule has 1 heterocycles. The molecule has 0 atom stereocenters. The Labute approximate surface area is 168 Å². The molecule has 28 heavy (non-hydrogen) atoms. The number of benzene rings is 1. The van der Waals surface area contributed by atoms with Gasteiger partial charge in [0.2, 0.25) is 0 Å². The first-order valence-electron chi connectivity index (χ1n) is 9.24. The number of anilines is 1. The highest BCUT2D eigenvalue weighted by Crippen LogP contribution is 2.37. The van der Waals surface area contributed by atoms with Crippen LogP contribution in [-0.2, 0) is 33.6 Å². The summed E-state index contributed by atoms with van der Waals surface area (Å²) in [6, 6.07) is 9.67. The number of hydrogen-bond acceptors (Lipinski definition) is 6. The largest absolute Gasteiger partial charge is 0.496 e. The molecule has 1 N–H and O–H groups in total. The van der Waals surface area contributed by atoms with Crippen molar-refractivity contribution in [1.82, 2.24) is 0 Å². The second-order valence-corrected chi connectivity index (χ2v) is 7.65. The van der Waals surface area contributed by atoms with Crippen molar-refractivity contribution in [3.05, 3.63) is 45.8 Å². The summed E-state index contributed by atoms with van der Waals surface area (Å²) in [5.41, 5.74) is 2.52. The number of fused-ring (bicyclic) bond motifs is 1. The average molecular weight is 398 g/mol. The molecule has 0 spiro atoms. The van der Waals surface area contributed by atoms with E-state index >= 15 is 0 Å². The molecular weight excluding hydrogens is 376 g/mol. The maximum atomic E-state index is 12.2. The van der Waals surface area contributed by atoms with Crippen LogP contribution in [0.25, 0.3) is 0 Å². The van der Waals surface area contributed by atoms with E-state index in [4.69, 9.17) is 9.47 Å². The van der Waals surface area contributed by atoms with Crippen LogP contribution in [0.2, 0.25) is 0 Å². The minimum Gasteiger partial charge on any atom is -0.496 e. The van der Waals surface area contributed by atoms with Gasteiger partial charge in [-0.15, -0.1) is 11.3 Å². The molecule has 7 heteroatoms. The van der Waals surface area contributed by atoms with E-state index in [9.17, 15) is 14.9 Å². The van der Waals surface area contributed by atoms with Crippen LogP contribution in [0, 0.1) is 11.3 Å². The average Bonchev–Trinajstić information content (AvgIpc) is 3.07. The first kappa shape index (κ1) is 19.9. The molecule has 0 saturated heterocycles. The Morgan fingerprint density at radius 3 is 2.82 bits per heavy atom. The van der Waals surface area contributed by atoms with E-state index in [1.54, 1.807) is 7.11 Å². The molecule has 1 amide bonds. The monoisotopic (exact) mass is 398 g/mol. The smallest absolute Gasteiger partial charge is 0.306 e. The summed E-state index contributed by atoms with van der Waals surface area (Å²) in [6.07, 6.45) is 4.63. The summed E-state index contributed by atoms with van der Waals surface area (Å²) >= 11 is 1.45. The number of nitrogens with one attached hydrogen (secondary N) is 1. The molecule has 0 unspecified atom stereocenters. The summed E-state index contributed by atoms with van der Waals surface area (Å²) in [5, 5.41) is 12.7. The van der Waals surface area contributed by atoms with Gasteiger partial charge in [0, 0.05) is 11.3 Å². The summed E-state index contributed by atoms with van der Waals surface area (Å²) in [4.78, 5) is 25.3. The van der Waals surface area contributed by atoms with Crippen molar-refractivity contribution >= 4 is 28.2 Å². The molecule has 0 aliphatic heterocycles. The number of nitriles is 1. The zero-order valence-electron chi connectivity index (χ0n) is 15.7. The van der Waals surface area contributed by atoms with Crippen molar-refractivity contribution < 1.29 is 19.1 Å². The number of carbonyl (C=O) groups is 2. The zero-order chi connectivity index (χ0) is 19.9. The van der Waals surface area contributed by atoms with Crippen LogP contribution >= 0.6 is 11.3 Å². The number of nitrogens with zero attached hydrogens (tertiary/aromatic N) is 1. The third kappa shape index (κ3) is 4.70. The molecule has 0 fully saturated rings. The number of hydrogen-bond donors (Lipinski definition) is 1. The number of esters is 1. The Balaban J connectivity index is 1.50. The molecule has 1 aliphatic rings. The lowest BCUT2D eigenvalue weighted by Crippen LogP contribution is -2.21. The maximum absolute atomic E-state index is 12.2. The molecule has 0 bridgehead atoms. The van der Waals surface area contributed by atoms with Gasteiger partial charge in [-0.2, -0.15) is 5.26 Å². The van der Waals surface area contributed by atoms with Crippen LogP contribution in [0.5, 0.6) is 5.75 Å². The second-order valence-electron chi connectivity index (χ2n) is 6.55. The van der Waals surface area contributed by atoms with E-state index in [0.717, 1.165) is 42.6 Å². The number of amides is 1. The number of ether oxygens (including phenoxy) is 2. The van der Waals surface area contributed by atoms with Gasteiger partial charge in [-0.25, -0.2) is 0 Å². The van der Waals surface area contributed by atoms with E-state index in [2.05, 4.69) is 11.4 Å². The molecule has 0 saturated carbocycles. The summed E-state index contributed by atoms with van der Waals surface area (Å²) in [7, 11) is 1.58. The number of aryl methyl sites for hydroxylation is 2. The number of para-hydroxylation sites is 1. The van der Waals surface area contributed by atoms with Gasteiger partial charge in [0.15, 0.2) is 6.61 Å². The summed E-state index contributed by atoms with van der Waals surface area (Å²) < 4.78 is 10.3. The normalized spacial score (nSPS) is 12.6. The number of methoxy groups -OCH3 is 1. The lowest BCUT2D eigenvalue weighted by molar-refractivity contribution is -0.147. The summed E-state index contributed by atoms with van der Waals surface area (Å²) in [5.74, 6) is -0.161. The molecule has 1 aromatic heterocycles. The van der Waals surface area contributed by atoms with Gasteiger partial charge in [-0.1, -0.05) is 18.2 Å². The van der Waals surface area contributed by atoms with Gasteiger partial charge >= 0.3 is 5.97 Å². The predicted molar refractivity (Wildman–Crippen MR) is 107 cm³/mol. The molecule has 1 aliphatic carbocycles. The van der Waals surface area contributed by atoms with E-state index < -0.39 is 11.9 Å². The molecule has 1 aromatic carbocycles. The van der Waals surface area contributed by atoms with Crippen molar-refractivity contribution in [2.24, 2.45) is 0 Å². The Bertz CT molecular complexity index is 914. The van der Waals surface area contributed by atoms with E-state index in [0.29, 0.717) is 17.0 Å². The van der Waals surface area contributed by atoms with Gasteiger partial charge in [0.1, 0.15) is 16.8 Å². The van der Waals surface area contributed by atoms with Crippen molar-refractivity contribution in [2.75, 3.05) is 19.0 Å². The lowest BCUT2D eigenvalue weighted by atomic mass is 9.96. The fourth-order valence-electron chi connectivity index (χ4n) is 3.30. The fourth-order valence-corrected chi connectivity index (χ4v) is 4.56. The van der Waals surface area contributed by atoms with Crippen LogP contribution in [0.4, 0.5) is 5.00 Å². The third-order valence-corrected chi connectivity index (χ3v) is 5.90. The SMILES string of the molecule is COc1ccccc1CCC(=O)OCC(=O)Nc1sc2c(c1C#N)CCCC2. The molecular formula is C21H22N2O4S. The predicted octanol–water partition coefficient (Wildman–Crippen LogP) is 3.62. The third-order valence-electron chi connectivity index (χ3n) is 4.69. The minimum atomic E-state index is -0.452. The quantitative estimate of drug-likeness (QED) is 0.720. The van der Waals surface area contributed by atoms with Gasteiger partial charge < -0.3 is 14.8 Å². The number of thiophene rings is 1. The zero-order valence-corrected chi connectivity index (χ0v) is 16.6. The standard InChI is InChI=1S/C21H22N2O4S/c1-26-17-8-4-2-6-14(17)10-11-20(25)27-13-19(24)23-21-16(12-22)15-7-3-5-9-18(15)28-21/h2,4,6,8H,3,5,7,9-11,13H2,1H3,(H,23,24). The second kappa shape index (κ2) is 9.38. The highest BCUT2D eigenvalue weighted by atomic mass is 32.1. The van der Waals surface area contributed by atoms with Crippen molar-refractivity contribution in [2.45, 2.75) is 38.5 Å². The van der Waals surface area contributed by atoms with Gasteiger partial charge in [0.25, 0.3) is 5.91 Å². The minimum absolute atomic E-state index is 0.157. The number of carbonyl (C=O) groups excluding carboxylic acids is 2. The van der Waals surface area contributed by atoms with Crippen molar-refractivity contribution in [1.29, 1.82) is 5.26 Å². The highest BCUT2D eigenvalue weighted by Gasteiger charge is 2.22. The first-order chi connectivity index (χ1) is 13.6. The van der Waals surface area contributed by atoms with Gasteiger partial charge in [-0.05, 0) is 49.3 Å². The molecule has 2 aromatic rings. The van der Waals surface area contributed by atoms with Crippen LogP contribution in [-0.4, -0.2) is 25.6 Å². The number of rotatable bonds is 7. The fraction of sp³-hybridized carbons (Fsp3) is 0.381. The van der Waals surface area contributed by atoms with E-state index in [-0.39, 0.29) is 13.0 Å². The van der Waals surface area contributed by atoms with Gasteiger partial charge in [0.05, 0.1) is 12.7 Å². The van der Waals surface area contributed by atoms with Crippen LogP contribution in [0.1, 0.15) is 40.8 Å². The van der Waals surface area contributed by atoms with Gasteiger partial charge in [-0.3, -0.25) is 9.59 Å². The van der Waals surface area contributed by atoms with Crippen molar-refractivity contribution in [3.63, 3.8) is 0 Å². The van der Waals surface area contributed by atoms with E-state index in [1.165, 1.54) is 16.2 Å². The maximum Gasteiger partial charge on any atom is 0.306 e. The Kier molecular flexibility index (Phi) is 6.66. The van der Waals surface area contributed by atoms with Crippen LogP contribution in [0.15, 0.2) is 24.3 Å². The Morgan fingerprint density at radius 1 is 1.25 bits per heavy atom. The summed E-state index contributed by atoms with van der Waals surface area (Å²) in [6.45, 7) is -0.363. The Hall–Kier alpha value is -2.85. The Morgan fingerprint density at radius 2 is 2.04 bits per heavy atom. The molecule has 6 nitrogen and oxygen atoms in total. The molecule has 146 valence electrons. The molecule has 3 rings (SSSR count). The first-order valence-corrected chi connectivity index (χ1v) is 10.1. The lowest BCUT2D eigenvalue weighted by Gasteiger charge is -2.09. The topological polar surface area (TPSA) is 88.4 Å². The van der Waals surface area contributed by atoms with Crippen molar-refractivity contribution in [3.8, 4) is 11.8 Å². The molecule has 0 radical (unpaired) electrons. The van der Waals surface area contributed by atoms with Crippen LogP contribution in [0.3, 0.4) is 0 Å². The van der Waals surface area contributed by atoms with E-state index in [1.807, 2.05) is 24.3 Å². The van der Waals surface area contributed by atoms with Crippen LogP contribution < -0.4 is 10.1 Å². The highest BCUT2D eigenvalue weighted by molar-refractivity contribution is 7.16.